The molecule has 0 radical (unpaired) electrons. The Morgan fingerprint density at radius 2 is 2.00 bits per heavy atom. The lowest BCUT2D eigenvalue weighted by Gasteiger charge is -1.98. The quantitative estimate of drug-likeness (QED) is 0.603. The zero-order chi connectivity index (χ0) is 8.55. The van der Waals surface area contributed by atoms with E-state index in [0.717, 1.165) is 6.54 Å². The molecular weight excluding hydrogens is 146 g/mol. The molecule has 1 heterocycles. The van der Waals surface area contributed by atoms with E-state index in [9.17, 15) is 0 Å². The molecule has 1 nitrogen and oxygen atoms in total. The molecule has 1 aromatic carbocycles. The number of aryl methyl sites for hydroxylation is 2. The van der Waals surface area contributed by atoms with E-state index in [4.69, 9.17) is 0 Å². The van der Waals surface area contributed by atoms with Crippen LogP contribution in [0.15, 0.2) is 30.5 Å². The van der Waals surface area contributed by atoms with Crippen molar-refractivity contribution in [1.29, 1.82) is 0 Å². The summed E-state index contributed by atoms with van der Waals surface area (Å²) in [6.07, 6.45) is 2.21. The zero-order valence-corrected chi connectivity index (χ0v) is 7.54. The van der Waals surface area contributed by atoms with Crippen LogP contribution in [0.4, 0.5) is 0 Å². The van der Waals surface area contributed by atoms with Gasteiger partial charge in [-0.2, -0.15) is 0 Å². The van der Waals surface area contributed by atoms with Gasteiger partial charge in [0.05, 0.1) is 0 Å². The maximum atomic E-state index is 2.28. The summed E-state index contributed by atoms with van der Waals surface area (Å²) in [4.78, 5) is 0. The molecule has 0 unspecified atom stereocenters. The smallest absolute Gasteiger partial charge is 0.0222 e. The van der Waals surface area contributed by atoms with Crippen LogP contribution in [0.3, 0.4) is 0 Å². The molecule has 62 valence electrons. The Morgan fingerprint density at radius 1 is 1.25 bits per heavy atom. The van der Waals surface area contributed by atoms with Crippen LogP contribution < -0.4 is 0 Å². The molecule has 0 saturated carbocycles. The highest BCUT2D eigenvalue weighted by molar-refractivity contribution is 5.85. The summed E-state index contributed by atoms with van der Waals surface area (Å²) in [5.74, 6) is 0. The second-order valence-electron chi connectivity index (χ2n) is 3.09. The van der Waals surface area contributed by atoms with Crippen LogP contribution in [0.1, 0.15) is 12.6 Å². The summed E-state index contributed by atoms with van der Waals surface area (Å²) in [5.41, 5.74) is 1.37. The molecule has 0 amide bonds. The lowest BCUT2D eigenvalue weighted by Crippen LogP contribution is -1.92. The third-order valence-corrected chi connectivity index (χ3v) is 2.42. The van der Waals surface area contributed by atoms with E-state index in [1.165, 1.54) is 16.5 Å². The number of benzene rings is 1. The second kappa shape index (κ2) is 2.67. The van der Waals surface area contributed by atoms with Gasteiger partial charge in [-0.3, -0.25) is 0 Å². The van der Waals surface area contributed by atoms with Crippen molar-refractivity contribution in [1.82, 2.24) is 4.57 Å². The fourth-order valence-corrected chi connectivity index (χ4v) is 1.69. The molecule has 12 heavy (non-hydrogen) atoms. The molecule has 0 aliphatic carbocycles. The van der Waals surface area contributed by atoms with Crippen molar-refractivity contribution >= 4 is 10.8 Å². The second-order valence-corrected chi connectivity index (χ2v) is 3.09. The average molecular weight is 159 g/mol. The minimum atomic E-state index is 1.06. The third-order valence-electron chi connectivity index (χ3n) is 2.42. The first-order valence-electron chi connectivity index (χ1n) is 4.37. The average Bonchev–Trinajstić information content (AvgIpc) is 2.44. The van der Waals surface area contributed by atoms with E-state index in [1.807, 2.05) is 0 Å². The standard InChI is InChI=1S/C11H13N/c1-3-12-8-10-6-4-5-7-11(10)9(12)2/h4-8H,3H2,1-2H3. The molecule has 0 fully saturated rings. The predicted octanol–water partition coefficient (Wildman–Crippen LogP) is 2.97. The molecule has 2 rings (SSSR count). The van der Waals surface area contributed by atoms with Crippen LogP contribution in [0.5, 0.6) is 0 Å². The highest BCUT2D eigenvalue weighted by Gasteiger charge is 2.01. The number of hydrogen-bond donors (Lipinski definition) is 0. The predicted molar refractivity (Wildman–Crippen MR) is 52.3 cm³/mol. The maximum absolute atomic E-state index is 2.28. The van der Waals surface area contributed by atoms with Gasteiger partial charge in [-0.1, -0.05) is 24.3 Å². The molecule has 0 N–H and O–H groups in total. The van der Waals surface area contributed by atoms with Gasteiger partial charge in [-0.25, -0.2) is 0 Å². The Labute approximate surface area is 72.6 Å². The lowest BCUT2D eigenvalue weighted by atomic mass is 10.2. The van der Waals surface area contributed by atoms with Crippen LogP contribution in [-0.4, -0.2) is 4.57 Å². The van der Waals surface area contributed by atoms with Crippen molar-refractivity contribution in [3.63, 3.8) is 0 Å². The summed E-state index contributed by atoms with van der Waals surface area (Å²) in [5, 5.41) is 2.72. The maximum Gasteiger partial charge on any atom is 0.0222 e. The van der Waals surface area contributed by atoms with Gasteiger partial charge >= 0.3 is 0 Å². The van der Waals surface area contributed by atoms with Crippen LogP contribution in [0.2, 0.25) is 0 Å². The molecular formula is C11H13N. The molecule has 0 aliphatic heterocycles. The molecule has 0 spiro atoms. The monoisotopic (exact) mass is 159 g/mol. The van der Waals surface area contributed by atoms with Gasteiger partial charge in [0.2, 0.25) is 0 Å². The van der Waals surface area contributed by atoms with E-state index in [1.54, 1.807) is 0 Å². The summed E-state index contributed by atoms with van der Waals surface area (Å²) in [6.45, 7) is 5.40. The number of nitrogens with zero attached hydrogens (tertiary/aromatic N) is 1. The van der Waals surface area contributed by atoms with E-state index in [-0.39, 0.29) is 0 Å². The normalized spacial score (nSPS) is 10.8. The molecule has 0 bridgehead atoms. The summed E-state index contributed by atoms with van der Waals surface area (Å²) >= 11 is 0. The van der Waals surface area contributed by atoms with Crippen molar-refractivity contribution in [2.45, 2.75) is 20.4 Å². The molecule has 2 aromatic rings. The molecule has 0 atom stereocenters. The van der Waals surface area contributed by atoms with Gasteiger partial charge < -0.3 is 4.57 Å². The van der Waals surface area contributed by atoms with Crippen LogP contribution in [0.25, 0.3) is 10.8 Å². The van der Waals surface area contributed by atoms with Gasteiger partial charge in [0.1, 0.15) is 0 Å². The molecule has 0 saturated heterocycles. The van der Waals surface area contributed by atoms with E-state index < -0.39 is 0 Å². The van der Waals surface area contributed by atoms with Crippen LogP contribution >= 0.6 is 0 Å². The van der Waals surface area contributed by atoms with E-state index in [2.05, 4.69) is 48.9 Å². The first-order valence-corrected chi connectivity index (χ1v) is 4.37. The van der Waals surface area contributed by atoms with Gasteiger partial charge in [-0.05, 0) is 19.2 Å². The SMILES string of the molecule is CCn1cc2ccccc2c1C. The minimum Gasteiger partial charge on any atom is -0.351 e. The van der Waals surface area contributed by atoms with Crippen LogP contribution in [0, 0.1) is 6.92 Å². The first kappa shape index (κ1) is 7.41. The van der Waals surface area contributed by atoms with E-state index >= 15 is 0 Å². The Balaban J connectivity index is 2.78. The molecule has 0 aliphatic rings. The van der Waals surface area contributed by atoms with Crippen molar-refractivity contribution < 1.29 is 0 Å². The number of rotatable bonds is 1. The largest absolute Gasteiger partial charge is 0.351 e. The van der Waals surface area contributed by atoms with Crippen molar-refractivity contribution in [3.8, 4) is 0 Å². The molecule has 1 heteroatoms. The summed E-state index contributed by atoms with van der Waals surface area (Å²) in [7, 11) is 0. The Hall–Kier alpha value is -1.24. The highest BCUT2D eigenvalue weighted by atomic mass is 15.0. The third kappa shape index (κ3) is 0.934. The minimum absolute atomic E-state index is 1.06. The Morgan fingerprint density at radius 3 is 2.67 bits per heavy atom. The number of fused-ring (bicyclic) bond motifs is 1. The first-order chi connectivity index (χ1) is 5.83. The molecule has 1 aromatic heterocycles. The zero-order valence-electron chi connectivity index (χ0n) is 7.54. The Kier molecular flexibility index (Phi) is 1.65. The van der Waals surface area contributed by atoms with Crippen molar-refractivity contribution in [3.05, 3.63) is 36.2 Å². The fourth-order valence-electron chi connectivity index (χ4n) is 1.69. The van der Waals surface area contributed by atoms with Gasteiger partial charge in [0.15, 0.2) is 0 Å². The fraction of sp³-hybridized carbons (Fsp3) is 0.273. The van der Waals surface area contributed by atoms with Crippen molar-refractivity contribution in [2.75, 3.05) is 0 Å². The topological polar surface area (TPSA) is 4.93 Å². The van der Waals surface area contributed by atoms with Gasteiger partial charge in [-0.15, -0.1) is 0 Å². The van der Waals surface area contributed by atoms with E-state index in [0.29, 0.717) is 0 Å². The van der Waals surface area contributed by atoms with Gasteiger partial charge in [0, 0.05) is 23.8 Å². The van der Waals surface area contributed by atoms with Crippen molar-refractivity contribution in [2.24, 2.45) is 0 Å². The lowest BCUT2D eigenvalue weighted by molar-refractivity contribution is 0.747. The number of aromatic nitrogens is 1. The highest BCUT2D eigenvalue weighted by Crippen LogP contribution is 2.19. The summed E-state index contributed by atoms with van der Waals surface area (Å²) < 4.78 is 2.28. The summed E-state index contributed by atoms with van der Waals surface area (Å²) in [6, 6.07) is 8.52. The Bertz CT molecular complexity index is 398. The van der Waals surface area contributed by atoms with Gasteiger partial charge in [0.25, 0.3) is 0 Å². The van der Waals surface area contributed by atoms with Crippen LogP contribution in [-0.2, 0) is 6.54 Å². The number of hydrogen-bond acceptors (Lipinski definition) is 0.